The summed E-state index contributed by atoms with van der Waals surface area (Å²) >= 11 is 1.42. The highest BCUT2D eigenvalue weighted by Gasteiger charge is 2.50. The molecule has 2 aliphatic rings. The quantitative estimate of drug-likeness (QED) is 0.0807. The zero-order valence-electron chi connectivity index (χ0n) is 29.6. The van der Waals surface area contributed by atoms with Crippen LogP contribution in [0.4, 0.5) is 5.69 Å². The molecule has 12 nitrogen and oxygen atoms in total. The van der Waals surface area contributed by atoms with Gasteiger partial charge in [0.05, 0.1) is 27.7 Å². The second-order valence-corrected chi connectivity index (χ2v) is 15.5. The number of nitrogens with zero attached hydrogens (tertiary/aromatic N) is 4. The summed E-state index contributed by atoms with van der Waals surface area (Å²) in [5, 5.41) is 58.2. The maximum atomic E-state index is 12.7. The Labute approximate surface area is 306 Å². The SMILES string of the molecule is CN(CCCn1nnc2cc(CNC[C@H](O)c3ccc(O)c4[nH]c(=O)ccc34)ccc21)c1csc(C(O)(C(=O)O)C2CCCC2)c1C1CCCCC1. The minimum Gasteiger partial charge on any atom is -0.506 e. The van der Waals surface area contributed by atoms with Gasteiger partial charge in [-0.1, -0.05) is 49.5 Å². The second-order valence-electron chi connectivity index (χ2n) is 14.6. The molecule has 7 rings (SSSR count). The Morgan fingerprint density at radius 3 is 2.63 bits per heavy atom. The largest absolute Gasteiger partial charge is 0.506 e. The number of nitrogens with one attached hydrogen (secondary N) is 2. The number of carboxylic acid groups (broad SMARTS) is 1. The number of hydrogen-bond acceptors (Lipinski definition) is 10. The lowest BCUT2D eigenvalue weighted by molar-refractivity contribution is -0.166. The molecule has 0 spiro atoms. The number of aromatic amines is 1. The van der Waals surface area contributed by atoms with Crippen molar-refractivity contribution >= 4 is 44.9 Å². The van der Waals surface area contributed by atoms with Crippen LogP contribution in [0.15, 0.2) is 52.6 Å². The van der Waals surface area contributed by atoms with Crippen LogP contribution in [0.1, 0.15) is 97.8 Å². The monoisotopic (exact) mass is 728 g/mol. The van der Waals surface area contributed by atoms with Crippen LogP contribution in [0.3, 0.4) is 0 Å². The van der Waals surface area contributed by atoms with Gasteiger partial charge in [-0.3, -0.25) is 4.79 Å². The number of aliphatic hydroxyl groups excluding tert-OH is 1. The Morgan fingerprint density at radius 2 is 1.87 bits per heavy atom. The summed E-state index contributed by atoms with van der Waals surface area (Å²) < 4.78 is 1.91. The number of rotatable bonds is 14. The molecule has 13 heteroatoms. The van der Waals surface area contributed by atoms with Crippen LogP contribution in [-0.4, -0.2) is 66.5 Å². The molecule has 0 saturated heterocycles. The number of hydrogen-bond donors (Lipinski definition) is 6. The van der Waals surface area contributed by atoms with E-state index in [-0.39, 0.29) is 29.7 Å². The Bertz CT molecular complexity index is 2100. The summed E-state index contributed by atoms with van der Waals surface area (Å²) in [5.74, 6) is -1.17. The standard InChI is InChI=1S/C39H48N6O6S/c1-44(31-23-52-37(35(31)25-8-3-2-4-9-25)39(51,38(49)50)26-10-5-6-11-26)18-7-19-45-30-15-12-24(20-29(30)42-43-45)21-40-22-33(47)27-13-16-32(46)36-28(27)14-17-34(48)41-36/h12-17,20,23,25-26,33,40,46-47,51H,2-11,18-19,21-22H2,1H3,(H,41,48)(H,49,50)/t33-,39?/m0/s1. The minimum atomic E-state index is -1.84. The molecule has 0 radical (unpaired) electrons. The summed E-state index contributed by atoms with van der Waals surface area (Å²) in [6.07, 6.45) is 8.84. The summed E-state index contributed by atoms with van der Waals surface area (Å²) in [6, 6.07) is 12.1. The van der Waals surface area contributed by atoms with Crippen molar-refractivity contribution in [2.24, 2.45) is 5.92 Å². The molecule has 0 amide bonds. The van der Waals surface area contributed by atoms with Gasteiger partial charge < -0.3 is 35.6 Å². The number of pyridine rings is 1. The van der Waals surface area contributed by atoms with Crippen LogP contribution in [0.2, 0.25) is 0 Å². The first-order chi connectivity index (χ1) is 25.1. The van der Waals surface area contributed by atoms with Crippen LogP contribution in [-0.2, 0) is 23.5 Å². The predicted octanol–water partition coefficient (Wildman–Crippen LogP) is 5.90. The van der Waals surface area contributed by atoms with Gasteiger partial charge in [0.15, 0.2) is 5.60 Å². The summed E-state index contributed by atoms with van der Waals surface area (Å²) in [6.45, 7) is 2.17. The highest BCUT2D eigenvalue weighted by atomic mass is 32.1. The number of H-pyrrole nitrogens is 1. The number of benzene rings is 2. The van der Waals surface area contributed by atoms with Crippen molar-refractivity contribution in [3.63, 3.8) is 0 Å². The van der Waals surface area contributed by atoms with Crippen LogP contribution in [0, 0.1) is 5.92 Å². The molecule has 6 N–H and O–H groups in total. The number of aliphatic carboxylic acids is 1. The maximum Gasteiger partial charge on any atom is 0.341 e. The number of aliphatic hydroxyl groups is 2. The third-order valence-electron chi connectivity index (χ3n) is 11.2. The van der Waals surface area contributed by atoms with Crippen LogP contribution in [0.25, 0.3) is 21.9 Å². The average Bonchev–Trinajstić information content (AvgIpc) is 3.93. The molecule has 3 aromatic heterocycles. The van der Waals surface area contributed by atoms with E-state index < -0.39 is 17.7 Å². The number of aryl methyl sites for hydroxylation is 1. The number of carboxylic acids is 1. The number of anilines is 1. The van der Waals surface area contributed by atoms with Crippen molar-refractivity contribution < 1.29 is 25.2 Å². The number of fused-ring (bicyclic) bond motifs is 2. The fourth-order valence-corrected chi connectivity index (χ4v) is 9.79. The zero-order chi connectivity index (χ0) is 36.4. The van der Waals surface area contributed by atoms with E-state index in [4.69, 9.17) is 0 Å². The molecule has 0 bridgehead atoms. The summed E-state index contributed by atoms with van der Waals surface area (Å²) in [5.41, 5.74) is 3.55. The van der Waals surface area contributed by atoms with E-state index in [1.807, 2.05) is 22.9 Å². The van der Waals surface area contributed by atoms with Gasteiger partial charge in [-0.25, -0.2) is 9.48 Å². The molecular formula is C39H48N6O6S. The lowest BCUT2D eigenvalue weighted by Gasteiger charge is -2.34. The number of thiophene rings is 1. The Balaban J connectivity index is 0.990. The molecule has 2 saturated carbocycles. The first kappa shape index (κ1) is 36.1. The van der Waals surface area contributed by atoms with E-state index in [9.17, 15) is 30.0 Å². The first-order valence-corrected chi connectivity index (χ1v) is 19.4. The third kappa shape index (κ3) is 7.06. The Hall–Kier alpha value is -4.30. The van der Waals surface area contributed by atoms with Crippen LogP contribution in [0.5, 0.6) is 5.75 Å². The molecule has 2 fully saturated rings. The van der Waals surface area contributed by atoms with E-state index in [0.29, 0.717) is 34.4 Å². The molecule has 276 valence electrons. The van der Waals surface area contributed by atoms with E-state index in [2.05, 4.69) is 37.9 Å². The zero-order valence-corrected chi connectivity index (χ0v) is 30.4. The molecule has 2 aromatic carbocycles. The molecule has 52 heavy (non-hydrogen) atoms. The number of aromatic nitrogens is 4. The number of aromatic hydroxyl groups is 1. The van der Waals surface area contributed by atoms with E-state index in [0.717, 1.165) is 92.2 Å². The molecule has 1 unspecified atom stereocenters. The highest BCUT2D eigenvalue weighted by Crippen LogP contribution is 2.51. The van der Waals surface area contributed by atoms with Gasteiger partial charge in [0.1, 0.15) is 11.3 Å². The number of phenolic OH excluding ortho intramolecular Hbond substituents is 1. The van der Waals surface area contributed by atoms with Gasteiger partial charge in [0.2, 0.25) is 5.56 Å². The van der Waals surface area contributed by atoms with E-state index in [1.165, 1.54) is 29.9 Å². The Kier molecular flexibility index (Phi) is 10.7. The number of carbonyl (C=O) groups is 1. The highest BCUT2D eigenvalue weighted by molar-refractivity contribution is 7.11. The molecular weight excluding hydrogens is 681 g/mol. The first-order valence-electron chi connectivity index (χ1n) is 18.5. The van der Waals surface area contributed by atoms with E-state index >= 15 is 0 Å². The van der Waals surface area contributed by atoms with Gasteiger partial charge in [-0.15, -0.1) is 16.4 Å². The van der Waals surface area contributed by atoms with Crippen molar-refractivity contribution in [3.05, 3.63) is 79.8 Å². The molecule has 3 heterocycles. The maximum absolute atomic E-state index is 12.7. The second kappa shape index (κ2) is 15.4. The lowest BCUT2D eigenvalue weighted by Crippen LogP contribution is -2.42. The molecule has 2 atom stereocenters. The summed E-state index contributed by atoms with van der Waals surface area (Å²) in [4.78, 5) is 30.0. The van der Waals surface area contributed by atoms with Crippen LogP contribution < -0.4 is 15.8 Å². The smallest absolute Gasteiger partial charge is 0.341 e. The fraction of sp³-hybridized carbons (Fsp3) is 0.487. The van der Waals surface area contributed by atoms with Crippen molar-refractivity contribution in [1.29, 1.82) is 0 Å². The van der Waals surface area contributed by atoms with Crippen molar-refractivity contribution in [1.82, 2.24) is 25.3 Å². The Morgan fingerprint density at radius 1 is 1.10 bits per heavy atom. The van der Waals surface area contributed by atoms with Crippen molar-refractivity contribution in [2.45, 2.75) is 94.9 Å². The van der Waals surface area contributed by atoms with Gasteiger partial charge in [0, 0.05) is 56.0 Å². The number of phenols is 1. The third-order valence-corrected chi connectivity index (χ3v) is 12.3. The van der Waals surface area contributed by atoms with E-state index in [1.54, 1.807) is 12.1 Å². The molecule has 2 aliphatic carbocycles. The topological polar surface area (TPSA) is 177 Å². The van der Waals surface area contributed by atoms with Gasteiger partial charge in [-0.2, -0.15) is 0 Å². The van der Waals surface area contributed by atoms with Crippen molar-refractivity contribution in [3.8, 4) is 5.75 Å². The predicted molar refractivity (Wildman–Crippen MR) is 202 cm³/mol. The lowest BCUT2D eigenvalue weighted by atomic mass is 9.77. The normalized spacial score (nSPS) is 17.5. The van der Waals surface area contributed by atoms with Gasteiger partial charge in [0.25, 0.3) is 0 Å². The fourth-order valence-electron chi connectivity index (χ4n) is 8.42. The molecule has 5 aromatic rings. The van der Waals surface area contributed by atoms with Crippen LogP contribution >= 0.6 is 11.3 Å². The average molecular weight is 729 g/mol. The minimum absolute atomic E-state index is 0.0456. The van der Waals surface area contributed by atoms with Crippen molar-refractivity contribution in [2.75, 3.05) is 25.0 Å². The summed E-state index contributed by atoms with van der Waals surface area (Å²) in [7, 11) is 2.06. The van der Waals surface area contributed by atoms with Gasteiger partial charge >= 0.3 is 5.97 Å². The molecule has 0 aliphatic heterocycles. The van der Waals surface area contributed by atoms with Gasteiger partial charge in [-0.05, 0) is 79.0 Å².